The van der Waals surface area contributed by atoms with Gasteiger partial charge in [0.05, 0.1) is 30.0 Å². The van der Waals surface area contributed by atoms with Gasteiger partial charge in [0.1, 0.15) is 11.4 Å². The average molecular weight is 426 g/mol. The molecule has 2 N–H and O–H groups in total. The van der Waals surface area contributed by atoms with Gasteiger partial charge in [0.2, 0.25) is 0 Å². The van der Waals surface area contributed by atoms with Crippen LogP contribution >= 0.6 is 0 Å². The molecule has 1 fully saturated rings. The summed E-state index contributed by atoms with van der Waals surface area (Å²) in [6, 6.07) is 12.6. The average Bonchev–Trinajstić information content (AvgIpc) is 3.29. The predicted octanol–water partition coefficient (Wildman–Crippen LogP) is 2.57. The summed E-state index contributed by atoms with van der Waals surface area (Å²) in [5.41, 5.74) is 3.26. The summed E-state index contributed by atoms with van der Waals surface area (Å²) in [5, 5.41) is 2.84. The van der Waals surface area contributed by atoms with Gasteiger partial charge in [0, 0.05) is 42.8 Å². The molecule has 0 spiro atoms. The highest BCUT2D eigenvalue weighted by Gasteiger charge is 2.22. The van der Waals surface area contributed by atoms with Crippen LogP contribution in [0.5, 0.6) is 5.75 Å². The van der Waals surface area contributed by atoms with Crippen molar-refractivity contribution >= 4 is 27.1 Å². The summed E-state index contributed by atoms with van der Waals surface area (Å²) in [6.07, 6.45) is 3.62. The molecule has 1 aliphatic heterocycles. The number of nitrogens with zero attached hydrogens (tertiary/aromatic N) is 2. The number of nitrogens with one attached hydrogen (secondary N) is 2. The van der Waals surface area contributed by atoms with Crippen LogP contribution in [-0.2, 0) is 9.84 Å². The zero-order valence-corrected chi connectivity index (χ0v) is 17.3. The lowest BCUT2D eigenvalue weighted by Crippen LogP contribution is -2.40. The van der Waals surface area contributed by atoms with E-state index in [9.17, 15) is 13.2 Å². The Morgan fingerprint density at radius 2 is 1.97 bits per heavy atom. The fourth-order valence-electron chi connectivity index (χ4n) is 3.34. The van der Waals surface area contributed by atoms with Gasteiger partial charge in [-0.25, -0.2) is 13.4 Å². The number of aromatic amines is 1. The van der Waals surface area contributed by atoms with Crippen molar-refractivity contribution in [3.8, 4) is 17.0 Å². The van der Waals surface area contributed by atoms with Crippen molar-refractivity contribution in [2.24, 2.45) is 0 Å². The number of aromatic nitrogens is 2. The Kier molecular flexibility index (Phi) is 5.45. The SMILES string of the molecule is COc1cc(N2CCS(=O)(=O)CC2)ccc1NC(=O)c1cccc(-c2cc[nH]c2)n1. The van der Waals surface area contributed by atoms with Crippen LogP contribution in [0.25, 0.3) is 11.3 Å². The molecule has 1 saturated heterocycles. The molecule has 30 heavy (non-hydrogen) atoms. The van der Waals surface area contributed by atoms with E-state index in [1.807, 2.05) is 29.3 Å². The van der Waals surface area contributed by atoms with Gasteiger partial charge in [-0.2, -0.15) is 0 Å². The number of carbonyl (C=O) groups is 1. The van der Waals surface area contributed by atoms with Crippen LogP contribution in [0.3, 0.4) is 0 Å². The maximum absolute atomic E-state index is 12.7. The number of sulfone groups is 1. The van der Waals surface area contributed by atoms with Crippen molar-refractivity contribution in [1.82, 2.24) is 9.97 Å². The monoisotopic (exact) mass is 426 g/mol. The molecule has 0 saturated carbocycles. The number of H-pyrrole nitrogens is 1. The van der Waals surface area contributed by atoms with E-state index in [1.165, 1.54) is 7.11 Å². The summed E-state index contributed by atoms with van der Waals surface area (Å²) in [6.45, 7) is 0.875. The zero-order chi connectivity index (χ0) is 21.1. The van der Waals surface area contributed by atoms with E-state index in [2.05, 4.69) is 15.3 Å². The fourth-order valence-corrected chi connectivity index (χ4v) is 4.54. The number of amides is 1. The summed E-state index contributed by atoms with van der Waals surface area (Å²) < 4.78 is 28.8. The molecule has 0 aliphatic carbocycles. The zero-order valence-electron chi connectivity index (χ0n) is 16.5. The second kappa shape index (κ2) is 8.19. The molecule has 1 amide bonds. The van der Waals surface area contributed by atoms with Crippen LogP contribution in [0.2, 0.25) is 0 Å². The van der Waals surface area contributed by atoms with Gasteiger partial charge >= 0.3 is 0 Å². The molecule has 0 radical (unpaired) electrons. The van der Waals surface area contributed by atoms with Crippen molar-refractivity contribution in [1.29, 1.82) is 0 Å². The lowest BCUT2D eigenvalue weighted by Gasteiger charge is -2.29. The number of hydrogen-bond donors (Lipinski definition) is 2. The summed E-state index contributed by atoms with van der Waals surface area (Å²) in [5.74, 6) is 0.423. The highest BCUT2D eigenvalue weighted by molar-refractivity contribution is 7.91. The molecule has 156 valence electrons. The van der Waals surface area contributed by atoms with E-state index in [4.69, 9.17) is 4.74 Å². The Labute approximate surface area is 174 Å². The van der Waals surface area contributed by atoms with Gasteiger partial charge < -0.3 is 19.9 Å². The smallest absolute Gasteiger partial charge is 0.274 e. The quantitative estimate of drug-likeness (QED) is 0.650. The Hall–Kier alpha value is -3.33. The molecule has 1 aromatic carbocycles. The van der Waals surface area contributed by atoms with Crippen LogP contribution in [0.4, 0.5) is 11.4 Å². The number of hydrogen-bond acceptors (Lipinski definition) is 6. The lowest BCUT2D eigenvalue weighted by molar-refractivity contribution is 0.102. The number of rotatable bonds is 5. The second-order valence-electron chi connectivity index (χ2n) is 6.99. The summed E-state index contributed by atoms with van der Waals surface area (Å²) >= 11 is 0. The molecule has 0 unspecified atom stereocenters. The molecule has 3 aromatic rings. The van der Waals surface area contributed by atoms with Gasteiger partial charge in [-0.15, -0.1) is 0 Å². The van der Waals surface area contributed by atoms with E-state index < -0.39 is 9.84 Å². The maximum atomic E-state index is 12.7. The van der Waals surface area contributed by atoms with Crippen molar-refractivity contribution in [3.05, 3.63) is 60.6 Å². The number of carbonyl (C=O) groups excluding carboxylic acids is 1. The maximum Gasteiger partial charge on any atom is 0.274 e. The van der Waals surface area contributed by atoms with Crippen molar-refractivity contribution in [3.63, 3.8) is 0 Å². The summed E-state index contributed by atoms with van der Waals surface area (Å²) in [4.78, 5) is 22.2. The minimum Gasteiger partial charge on any atom is -0.494 e. The minimum absolute atomic E-state index is 0.136. The van der Waals surface area contributed by atoms with Crippen molar-refractivity contribution < 1.29 is 17.9 Å². The first-order chi connectivity index (χ1) is 14.4. The Bertz CT molecular complexity index is 1150. The molecule has 3 heterocycles. The molecule has 0 atom stereocenters. The van der Waals surface area contributed by atoms with Gasteiger partial charge in [0.25, 0.3) is 5.91 Å². The Morgan fingerprint density at radius 3 is 2.67 bits per heavy atom. The van der Waals surface area contributed by atoms with Crippen LogP contribution in [-0.4, -0.2) is 56.0 Å². The standard InChI is InChI=1S/C21H22N4O4S/c1-29-20-13-16(25-9-11-30(27,28)12-10-25)5-6-18(20)24-21(26)19-4-2-3-17(23-19)15-7-8-22-14-15/h2-8,13-14,22H,9-12H2,1H3,(H,24,26). The van der Waals surface area contributed by atoms with E-state index >= 15 is 0 Å². The topological polar surface area (TPSA) is 104 Å². The van der Waals surface area contributed by atoms with Crippen LogP contribution in [0.15, 0.2) is 54.9 Å². The van der Waals surface area contributed by atoms with E-state index in [1.54, 1.807) is 30.5 Å². The van der Waals surface area contributed by atoms with Crippen molar-refractivity contribution in [2.45, 2.75) is 0 Å². The van der Waals surface area contributed by atoms with Crippen LogP contribution < -0.4 is 15.0 Å². The number of pyridine rings is 1. The number of ether oxygens (including phenoxy) is 1. The number of anilines is 2. The molecular weight excluding hydrogens is 404 g/mol. The molecule has 9 heteroatoms. The first-order valence-electron chi connectivity index (χ1n) is 9.50. The number of methoxy groups -OCH3 is 1. The molecule has 0 bridgehead atoms. The summed E-state index contributed by atoms with van der Waals surface area (Å²) in [7, 11) is -1.42. The Morgan fingerprint density at radius 1 is 1.17 bits per heavy atom. The molecule has 4 rings (SSSR count). The van der Waals surface area contributed by atoms with Gasteiger partial charge in [0.15, 0.2) is 9.84 Å². The lowest BCUT2D eigenvalue weighted by atomic mass is 10.2. The molecule has 2 aromatic heterocycles. The number of benzene rings is 1. The van der Waals surface area contributed by atoms with Gasteiger partial charge in [-0.05, 0) is 30.3 Å². The molecular formula is C21H22N4O4S. The van der Waals surface area contributed by atoms with E-state index in [0.29, 0.717) is 35.9 Å². The normalized spacial score (nSPS) is 15.6. The third-order valence-electron chi connectivity index (χ3n) is 5.02. The van der Waals surface area contributed by atoms with Crippen LogP contribution in [0.1, 0.15) is 10.5 Å². The van der Waals surface area contributed by atoms with E-state index in [-0.39, 0.29) is 17.4 Å². The third-order valence-corrected chi connectivity index (χ3v) is 6.63. The first-order valence-corrected chi connectivity index (χ1v) is 11.3. The largest absolute Gasteiger partial charge is 0.494 e. The van der Waals surface area contributed by atoms with Crippen LogP contribution in [0, 0.1) is 0 Å². The second-order valence-corrected chi connectivity index (χ2v) is 9.29. The van der Waals surface area contributed by atoms with Gasteiger partial charge in [-0.3, -0.25) is 4.79 Å². The Balaban J connectivity index is 1.52. The predicted molar refractivity (Wildman–Crippen MR) is 116 cm³/mol. The highest BCUT2D eigenvalue weighted by atomic mass is 32.2. The minimum atomic E-state index is -2.95. The van der Waals surface area contributed by atoms with Gasteiger partial charge in [-0.1, -0.05) is 6.07 Å². The molecule has 8 nitrogen and oxygen atoms in total. The van der Waals surface area contributed by atoms with Crippen molar-refractivity contribution in [2.75, 3.05) is 41.9 Å². The highest BCUT2D eigenvalue weighted by Crippen LogP contribution is 2.31. The molecule has 1 aliphatic rings. The first kappa shape index (κ1) is 20.0. The van der Waals surface area contributed by atoms with E-state index in [0.717, 1.165) is 11.3 Å². The fraction of sp³-hybridized carbons (Fsp3) is 0.238. The third kappa shape index (κ3) is 4.30.